The van der Waals surface area contributed by atoms with E-state index in [0.29, 0.717) is 19.1 Å². The van der Waals surface area contributed by atoms with Gasteiger partial charge in [0, 0.05) is 13.7 Å². The van der Waals surface area contributed by atoms with Crippen LogP contribution >= 0.6 is 0 Å². The summed E-state index contributed by atoms with van der Waals surface area (Å²) in [5.74, 6) is 1.34. The van der Waals surface area contributed by atoms with E-state index >= 15 is 0 Å². The highest BCUT2D eigenvalue weighted by Crippen LogP contribution is 2.24. The van der Waals surface area contributed by atoms with E-state index in [9.17, 15) is 0 Å². The first-order valence-corrected chi connectivity index (χ1v) is 6.88. The molecule has 3 N–H and O–H groups in total. The number of hydrogen-bond donors (Lipinski definition) is 2. The van der Waals surface area contributed by atoms with Gasteiger partial charge in [0.15, 0.2) is 5.96 Å². The minimum absolute atomic E-state index is 0.545. The fourth-order valence-electron chi connectivity index (χ4n) is 2.16. The van der Waals surface area contributed by atoms with Crippen LogP contribution in [0.3, 0.4) is 0 Å². The predicted molar refractivity (Wildman–Crippen MR) is 77.8 cm³/mol. The van der Waals surface area contributed by atoms with Crippen molar-refractivity contribution in [2.45, 2.75) is 32.4 Å². The fraction of sp³-hybridized carbons (Fsp3) is 0.533. The molecule has 2 rings (SSSR count). The Kier molecular flexibility index (Phi) is 5.21. The summed E-state index contributed by atoms with van der Waals surface area (Å²) in [6, 6.07) is 8.24. The number of methoxy groups -OCH3 is 1. The summed E-state index contributed by atoms with van der Waals surface area (Å²) in [6.45, 7) is 2.20. The number of ether oxygens (including phenoxy) is 1. The third-order valence-electron chi connectivity index (χ3n) is 3.53. The topological polar surface area (TPSA) is 59.6 Å². The highest BCUT2D eigenvalue weighted by atomic mass is 16.5. The Bertz CT molecular complexity index is 427. The van der Waals surface area contributed by atoms with Crippen LogP contribution in [0.2, 0.25) is 0 Å². The maximum Gasteiger partial charge on any atom is 0.188 e. The molecule has 4 nitrogen and oxygen atoms in total. The summed E-state index contributed by atoms with van der Waals surface area (Å²) in [6.07, 6.45) is 3.99. The normalized spacial score (nSPS) is 16.2. The van der Waals surface area contributed by atoms with Crippen molar-refractivity contribution in [3.05, 3.63) is 35.4 Å². The van der Waals surface area contributed by atoms with Crippen LogP contribution in [-0.4, -0.2) is 19.6 Å². The van der Waals surface area contributed by atoms with Gasteiger partial charge < -0.3 is 15.8 Å². The lowest BCUT2D eigenvalue weighted by Crippen LogP contribution is -2.37. The van der Waals surface area contributed by atoms with Gasteiger partial charge >= 0.3 is 0 Å². The molecule has 4 heteroatoms. The molecule has 19 heavy (non-hydrogen) atoms. The van der Waals surface area contributed by atoms with Crippen LogP contribution in [0.4, 0.5) is 0 Å². The van der Waals surface area contributed by atoms with Crippen molar-refractivity contribution in [3.63, 3.8) is 0 Å². The monoisotopic (exact) mass is 261 g/mol. The van der Waals surface area contributed by atoms with Crippen LogP contribution in [0.25, 0.3) is 0 Å². The maximum atomic E-state index is 5.86. The Labute approximate surface area is 115 Å². The van der Waals surface area contributed by atoms with Crippen molar-refractivity contribution in [2.24, 2.45) is 16.6 Å². The zero-order valence-electron chi connectivity index (χ0n) is 11.6. The average molecular weight is 261 g/mol. The largest absolute Gasteiger partial charge is 0.380 e. The number of rotatable bonds is 6. The summed E-state index contributed by atoms with van der Waals surface area (Å²) in [7, 11) is 1.70. The van der Waals surface area contributed by atoms with Crippen LogP contribution in [0.1, 0.15) is 30.4 Å². The lowest BCUT2D eigenvalue weighted by molar-refractivity contribution is 0.185. The van der Waals surface area contributed by atoms with Gasteiger partial charge in [-0.2, -0.15) is 0 Å². The van der Waals surface area contributed by atoms with Gasteiger partial charge in [-0.25, -0.2) is 4.99 Å². The van der Waals surface area contributed by atoms with E-state index in [1.807, 2.05) is 6.07 Å². The second-order valence-electron chi connectivity index (χ2n) is 5.13. The fourth-order valence-corrected chi connectivity index (χ4v) is 2.16. The first-order valence-electron chi connectivity index (χ1n) is 6.88. The van der Waals surface area contributed by atoms with Crippen molar-refractivity contribution >= 4 is 5.96 Å². The highest BCUT2D eigenvalue weighted by molar-refractivity contribution is 5.77. The standard InChI is InChI=1S/C15H23N3O/c1-19-11-14-7-3-6-13(8-14)10-18-15(16)17-9-12-4-2-5-12/h3,6-8,12H,2,4-5,9-11H2,1H3,(H3,16,17,18). The number of benzene rings is 1. The molecule has 1 fully saturated rings. The Balaban J connectivity index is 1.80. The summed E-state index contributed by atoms with van der Waals surface area (Å²) in [4.78, 5) is 4.37. The number of nitrogens with zero attached hydrogens (tertiary/aromatic N) is 1. The molecular formula is C15H23N3O. The Morgan fingerprint density at radius 3 is 2.89 bits per heavy atom. The van der Waals surface area contributed by atoms with Gasteiger partial charge in [-0.3, -0.25) is 0 Å². The molecule has 1 aliphatic rings. The first-order chi connectivity index (χ1) is 9.28. The molecule has 0 unspecified atom stereocenters. The Morgan fingerprint density at radius 2 is 2.21 bits per heavy atom. The molecule has 0 saturated heterocycles. The van der Waals surface area contributed by atoms with Crippen LogP contribution in [0.5, 0.6) is 0 Å². The molecule has 0 aliphatic heterocycles. The van der Waals surface area contributed by atoms with Crippen molar-refractivity contribution < 1.29 is 4.74 Å². The van der Waals surface area contributed by atoms with E-state index in [1.165, 1.54) is 19.3 Å². The third kappa shape index (κ3) is 4.56. The number of nitrogens with one attached hydrogen (secondary N) is 1. The predicted octanol–water partition coefficient (Wildman–Crippen LogP) is 2.04. The van der Waals surface area contributed by atoms with Crippen LogP contribution < -0.4 is 11.1 Å². The Morgan fingerprint density at radius 1 is 1.42 bits per heavy atom. The molecule has 0 amide bonds. The quantitative estimate of drug-likeness (QED) is 0.608. The summed E-state index contributed by atoms with van der Waals surface area (Å²) < 4.78 is 5.12. The maximum absolute atomic E-state index is 5.86. The van der Waals surface area contributed by atoms with Gasteiger partial charge in [0.2, 0.25) is 0 Å². The zero-order valence-corrected chi connectivity index (χ0v) is 11.6. The van der Waals surface area contributed by atoms with Crippen LogP contribution in [0.15, 0.2) is 29.3 Å². The molecule has 0 heterocycles. The first kappa shape index (κ1) is 13.9. The third-order valence-corrected chi connectivity index (χ3v) is 3.53. The number of nitrogens with two attached hydrogens (primary N) is 1. The van der Waals surface area contributed by atoms with Gasteiger partial charge in [-0.1, -0.05) is 30.7 Å². The molecule has 0 radical (unpaired) electrons. The van der Waals surface area contributed by atoms with E-state index in [-0.39, 0.29) is 0 Å². The second kappa shape index (κ2) is 7.14. The van der Waals surface area contributed by atoms with Crippen LogP contribution in [0, 0.1) is 5.92 Å². The molecule has 0 aromatic heterocycles. The lowest BCUT2D eigenvalue weighted by atomic mass is 9.85. The SMILES string of the molecule is COCc1cccc(CN=C(N)NCC2CCC2)c1. The summed E-state index contributed by atoms with van der Waals surface area (Å²) in [5.41, 5.74) is 8.18. The van der Waals surface area contributed by atoms with Gasteiger partial charge in [-0.15, -0.1) is 0 Å². The number of guanidine groups is 1. The second-order valence-corrected chi connectivity index (χ2v) is 5.13. The molecule has 0 spiro atoms. The molecule has 1 saturated carbocycles. The number of hydrogen-bond acceptors (Lipinski definition) is 2. The van der Waals surface area contributed by atoms with E-state index in [2.05, 4.69) is 28.5 Å². The molecule has 104 valence electrons. The average Bonchev–Trinajstić information content (AvgIpc) is 2.35. The lowest BCUT2D eigenvalue weighted by Gasteiger charge is -2.25. The van der Waals surface area contributed by atoms with Crippen molar-refractivity contribution in [1.29, 1.82) is 0 Å². The van der Waals surface area contributed by atoms with Crippen molar-refractivity contribution in [2.75, 3.05) is 13.7 Å². The van der Waals surface area contributed by atoms with Crippen molar-refractivity contribution in [1.82, 2.24) is 5.32 Å². The van der Waals surface area contributed by atoms with E-state index in [4.69, 9.17) is 10.5 Å². The van der Waals surface area contributed by atoms with E-state index < -0.39 is 0 Å². The van der Waals surface area contributed by atoms with Gasteiger partial charge in [0.25, 0.3) is 0 Å². The highest BCUT2D eigenvalue weighted by Gasteiger charge is 2.16. The van der Waals surface area contributed by atoms with Crippen molar-refractivity contribution in [3.8, 4) is 0 Å². The zero-order chi connectivity index (χ0) is 13.5. The summed E-state index contributed by atoms with van der Waals surface area (Å²) >= 11 is 0. The van der Waals surface area contributed by atoms with Gasteiger partial charge in [0.1, 0.15) is 0 Å². The van der Waals surface area contributed by atoms with E-state index in [0.717, 1.165) is 23.6 Å². The van der Waals surface area contributed by atoms with Gasteiger partial charge in [0.05, 0.1) is 13.2 Å². The molecular weight excluding hydrogens is 238 g/mol. The summed E-state index contributed by atoms with van der Waals surface area (Å²) in [5, 5.41) is 3.20. The smallest absolute Gasteiger partial charge is 0.188 e. The number of aliphatic imine (C=N–C) groups is 1. The van der Waals surface area contributed by atoms with Crippen LogP contribution in [-0.2, 0) is 17.9 Å². The molecule has 0 bridgehead atoms. The Hall–Kier alpha value is -1.55. The molecule has 1 aliphatic carbocycles. The molecule has 0 atom stereocenters. The molecule has 1 aromatic rings. The minimum Gasteiger partial charge on any atom is -0.380 e. The minimum atomic E-state index is 0.545. The molecule has 1 aromatic carbocycles. The van der Waals surface area contributed by atoms with E-state index in [1.54, 1.807) is 7.11 Å². The van der Waals surface area contributed by atoms with Gasteiger partial charge in [-0.05, 0) is 29.9 Å².